The molecule has 0 aliphatic rings. The van der Waals surface area contributed by atoms with E-state index in [9.17, 15) is 4.79 Å². The van der Waals surface area contributed by atoms with Gasteiger partial charge >= 0.3 is 5.69 Å². The van der Waals surface area contributed by atoms with E-state index in [1.807, 2.05) is 37.3 Å². The summed E-state index contributed by atoms with van der Waals surface area (Å²) in [6.07, 6.45) is 1.83. The van der Waals surface area contributed by atoms with E-state index in [2.05, 4.69) is 22.1 Å². The van der Waals surface area contributed by atoms with Gasteiger partial charge in [0.1, 0.15) is 0 Å². The van der Waals surface area contributed by atoms with Crippen molar-refractivity contribution in [2.24, 2.45) is 5.73 Å². The molecule has 0 amide bonds. The highest BCUT2D eigenvalue weighted by molar-refractivity contribution is 5.76. The van der Waals surface area contributed by atoms with Gasteiger partial charge in [0.15, 0.2) is 0 Å². The van der Waals surface area contributed by atoms with Crippen molar-refractivity contribution in [2.45, 2.75) is 25.8 Å². The minimum absolute atomic E-state index is 0.0343. The maximum absolute atomic E-state index is 11.3. The van der Waals surface area contributed by atoms with E-state index in [0.717, 1.165) is 35.0 Å². The molecule has 0 bridgehead atoms. The van der Waals surface area contributed by atoms with E-state index in [0.29, 0.717) is 0 Å². The lowest BCUT2D eigenvalue weighted by atomic mass is 9.96. The van der Waals surface area contributed by atoms with Gasteiger partial charge < -0.3 is 15.7 Å². The first kappa shape index (κ1) is 13.6. The molecule has 4 heteroatoms. The molecule has 3 aromatic rings. The number of aromatic amines is 2. The van der Waals surface area contributed by atoms with E-state index in [1.54, 1.807) is 0 Å². The minimum Gasteiger partial charge on any atom is -0.324 e. The fraction of sp³-hybridized carbons (Fsp3) is 0.235. The van der Waals surface area contributed by atoms with Crippen molar-refractivity contribution in [3.05, 3.63) is 69.6 Å². The molecule has 0 aliphatic carbocycles. The van der Waals surface area contributed by atoms with Crippen LogP contribution in [0.25, 0.3) is 11.0 Å². The quantitative estimate of drug-likeness (QED) is 0.688. The fourth-order valence-electron chi connectivity index (χ4n) is 2.73. The number of nitrogens with one attached hydrogen (secondary N) is 2. The first-order valence-corrected chi connectivity index (χ1v) is 7.15. The maximum atomic E-state index is 11.3. The molecule has 108 valence electrons. The number of rotatable bonds is 4. The molecule has 1 heterocycles. The molecule has 1 atom stereocenters. The number of benzene rings is 2. The predicted octanol–water partition coefficient (Wildman–Crippen LogP) is 2.80. The summed E-state index contributed by atoms with van der Waals surface area (Å²) in [6, 6.07) is 14.3. The summed E-state index contributed by atoms with van der Waals surface area (Å²) in [5.74, 6) is 0. The number of hydrogen-bond acceptors (Lipinski definition) is 2. The summed E-state index contributed by atoms with van der Waals surface area (Å²) in [5.41, 5.74) is 11.3. The highest BCUT2D eigenvalue weighted by atomic mass is 16.1. The van der Waals surface area contributed by atoms with Crippen LogP contribution in [0.3, 0.4) is 0 Å². The fourth-order valence-corrected chi connectivity index (χ4v) is 2.73. The van der Waals surface area contributed by atoms with E-state index < -0.39 is 0 Å². The van der Waals surface area contributed by atoms with Crippen LogP contribution in [0, 0.1) is 6.92 Å². The van der Waals surface area contributed by atoms with Crippen molar-refractivity contribution >= 4 is 11.0 Å². The van der Waals surface area contributed by atoms with Crippen LogP contribution in [0.1, 0.15) is 29.2 Å². The number of aryl methyl sites for hydroxylation is 2. The number of H-pyrrole nitrogens is 2. The van der Waals surface area contributed by atoms with E-state index in [-0.39, 0.29) is 11.7 Å². The molecule has 4 nitrogen and oxygen atoms in total. The highest BCUT2D eigenvalue weighted by Gasteiger charge is 2.11. The second-order valence-electron chi connectivity index (χ2n) is 5.46. The Labute approximate surface area is 123 Å². The number of nitrogens with two attached hydrogens (primary N) is 1. The lowest BCUT2D eigenvalue weighted by Gasteiger charge is -2.15. The molecular formula is C17H19N3O. The summed E-state index contributed by atoms with van der Waals surface area (Å²) in [7, 11) is 0. The molecule has 0 fully saturated rings. The Morgan fingerprint density at radius 2 is 1.76 bits per heavy atom. The van der Waals surface area contributed by atoms with Gasteiger partial charge in [-0.15, -0.1) is 0 Å². The van der Waals surface area contributed by atoms with Gasteiger partial charge in [0.25, 0.3) is 0 Å². The number of fused-ring (bicyclic) bond motifs is 1. The lowest BCUT2D eigenvalue weighted by molar-refractivity contribution is 0.648. The Kier molecular flexibility index (Phi) is 3.62. The van der Waals surface area contributed by atoms with Gasteiger partial charge in [-0.3, -0.25) is 0 Å². The highest BCUT2D eigenvalue weighted by Crippen LogP contribution is 2.23. The Morgan fingerprint density at radius 1 is 1.10 bits per heavy atom. The Bertz CT molecular complexity index is 802. The van der Waals surface area contributed by atoms with Gasteiger partial charge in [-0.25, -0.2) is 4.79 Å². The maximum Gasteiger partial charge on any atom is 0.323 e. The molecule has 0 saturated heterocycles. The molecule has 21 heavy (non-hydrogen) atoms. The van der Waals surface area contributed by atoms with Crippen LogP contribution in [0.2, 0.25) is 0 Å². The van der Waals surface area contributed by atoms with Gasteiger partial charge in [-0.1, -0.05) is 30.3 Å². The zero-order valence-electron chi connectivity index (χ0n) is 12.0. The average Bonchev–Trinajstić information content (AvgIpc) is 2.84. The van der Waals surface area contributed by atoms with Gasteiger partial charge in [0.2, 0.25) is 0 Å². The Hall–Kier alpha value is -2.33. The molecule has 0 spiro atoms. The third-order valence-electron chi connectivity index (χ3n) is 3.89. The monoisotopic (exact) mass is 281 g/mol. The molecule has 0 saturated carbocycles. The van der Waals surface area contributed by atoms with Gasteiger partial charge in [0, 0.05) is 6.04 Å². The second kappa shape index (κ2) is 5.58. The smallest absolute Gasteiger partial charge is 0.323 e. The Morgan fingerprint density at radius 3 is 2.48 bits per heavy atom. The topological polar surface area (TPSA) is 74.7 Å². The van der Waals surface area contributed by atoms with Crippen molar-refractivity contribution in [2.75, 3.05) is 0 Å². The summed E-state index contributed by atoms with van der Waals surface area (Å²) < 4.78 is 0. The average molecular weight is 281 g/mol. The van der Waals surface area contributed by atoms with Crippen LogP contribution >= 0.6 is 0 Å². The van der Waals surface area contributed by atoms with Gasteiger partial charge in [-0.05, 0) is 48.6 Å². The van der Waals surface area contributed by atoms with Crippen molar-refractivity contribution in [1.29, 1.82) is 0 Å². The first-order valence-electron chi connectivity index (χ1n) is 7.15. The largest absolute Gasteiger partial charge is 0.324 e. The van der Waals surface area contributed by atoms with E-state index in [4.69, 9.17) is 5.73 Å². The third-order valence-corrected chi connectivity index (χ3v) is 3.89. The lowest BCUT2D eigenvalue weighted by Crippen LogP contribution is -2.12. The summed E-state index contributed by atoms with van der Waals surface area (Å²) in [4.78, 5) is 16.9. The summed E-state index contributed by atoms with van der Waals surface area (Å²) >= 11 is 0. The predicted molar refractivity (Wildman–Crippen MR) is 85.3 cm³/mol. The zero-order valence-corrected chi connectivity index (χ0v) is 12.0. The SMILES string of the molecule is Cc1cc2[nH]c(=O)[nH]c2cc1C(N)CCc1ccccc1. The Balaban J connectivity index is 1.82. The summed E-state index contributed by atoms with van der Waals surface area (Å²) in [6.45, 7) is 2.03. The van der Waals surface area contributed by atoms with Crippen molar-refractivity contribution < 1.29 is 0 Å². The van der Waals surface area contributed by atoms with Crippen LogP contribution in [0.4, 0.5) is 0 Å². The first-order chi connectivity index (χ1) is 10.1. The number of imidazole rings is 1. The van der Waals surface area contributed by atoms with Crippen molar-refractivity contribution in [3.63, 3.8) is 0 Å². The van der Waals surface area contributed by atoms with E-state index in [1.165, 1.54) is 5.56 Å². The molecule has 0 aliphatic heterocycles. The van der Waals surface area contributed by atoms with E-state index >= 15 is 0 Å². The van der Waals surface area contributed by atoms with Crippen molar-refractivity contribution in [1.82, 2.24) is 9.97 Å². The molecule has 0 radical (unpaired) electrons. The third kappa shape index (κ3) is 2.90. The zero-order chi connectivity index (χ0) is 14.8. The molecule has 2 aromatic carbocycles. The van der Waals surface area contributed by atoms with Gasteiger partial charge in [0.05, 0.1) is 11.0 Å². The summed E-state index contributed by atoms with van der Waals surface area (Å²) in [5, 5.41) is 0. The number of hydrogen-bond donors (Lipinski definition) is 3. The van der Waals surface area contributed by atoms with Crippen LogP contribution in [0.5, 0.6) is 0 Å². The standard InChI is InChI=1S/C17H19N3O/c1-11-9-15-16(20-17(21)19-15)10-13(11)14(18)8-7-12-5-3-2-4-6-12/h2-6,9-10,14H,7-8,18H2,1H3,(H2,19,20,21). The van der Waals surface area contributed by atoms with Gasteiger partial charge in [-0.2, -0.15) is 0 Å². The second-order valence-corrected chi connectivity index (χ2v) is 5.46. The minimum atomic E-state index is -0.181. The van der Waals surface area contributed by atoms with Crippen LogP contribution in [-0.4, -0.2) is 9.97 Å². The molecular weight excluding hydrogens is 262 g/mol. The molecule has 1 unspecified atom stereocenters. The van der Waals surface area contributed by atoms with Crippen molar-refractivity contribution in [3.8, 4) is 0 Å². The molecule has 3 rings (SSSR count). The number of aromatic nitrogens is 2. The molecule has 4 N–H and O–H groups in total. The van der Waals surface area contributed by atoms with Crippen LogP contribution < -0.4 is 11.4 Å². The van der Waals surface area contributed by atoms with Crippen LogP contribution in [0.15, 0.2) is 47.3 Å². The molecule has 1 aromatic heterocycles. The normalized spacial score (nSPS) is 12.7. The van der Waals surface area contributed by atoms with Crippen LogP contribution in [-0.2, 0) is 6.42 Å².